The van der Waals surface area contributed by atoms with Crippen molar-refractivity contribution in [1.29, 1.82) is 0 Å². The third-order valence-corrected chi connectivity index (χ3v) is 5.32. The molecule has 2 aliphatic carbocycles. The van der Waals surface area contributed by atoms with E-state index in [2.05, 4.69) is 35.7 Å². The zero-order chi connectivity index (χ0) is 14.2. The summed E-state index contributed by atoms with van der Waals surface area (Å²) in [6.07, 6.45) is 8.91. The van der Waals surface area contributed by atoms with Gasteiger partial charge in [0.05, 0.1) is 5.69 Å². The topological polar surface area (TPSA) is 42.7 Å². The molecule has 0 aromatic carbocycles. The van der Waals surface area contributed by atoms with E-state index in [1.54, 1.807) is 0 Å². The van der Waals surface area contributed by atoms with Gasteiger partial charge in [-0.2, -0.15) is 0 Å². The minimum atomic E-state index is 0.438. The SMILES string of the molecule is CC(C)CNCC1(Cc2cn(C)nn2)CC2CCC1C2. The highest BCUT2D eigenvalue weighted by Crippen LogP contribution is 2.56. The highest BCUT2D eigenvalue weighted by molar-refractivity contribution is 5.08. The molecule has 0 aliphatic heterocycles. The van der Waals surface area contributed by atoms with Crippen LogP contribution in [0.25, 0.3) is 0 Å². The maximum Gasteiger partial charge on any atom is 0.0833 e. The predicted octanol–water partition coefficient (Wildman–Crippen LogP) is 2.41. The molecule has 2 aliphatic rings. The molecule has 2 bridgehead atoms. The minimum Gasteiger partial charge on any atom is -0.316 e. The first-order valence-electron chi connectivity index (χ1n) is 8.13. The Balaban J connectivity index is 1.70. The average molecular weight is 276 g/mol. The minimum absolute atomic E-state index is 0.438. The zero-order valence-electron chi connectivity index (χ0n) is 13.1. The van der Waals surface area contributed by atoms with Crippen molar-refractivity contribution in [3.05, 3.63) is 11.9 Å². The van der Waals surface area contributed by atoms with Crippen LogP contribution >= 0.6 is 0 Å². The fraction of sp³-hybridized carbons (Fsp3) is 0.875. The summed E-state index contributed by atoms with van der Waals surface area (Å²) in [6.45, 7) is 6.84. The van der Waals surface area contributed by atoms with Crippen LogP contribution in [-0.4, -0.2) is 28.1 Å². The molecule has 1 aromatic heterocycles. The number of aromatic nitrogens is 3. The lowest BCUT2D eigenvalue weighted by Gasteiger charge is -2.38. The Bertz CT molecular complexity index is 453. The number of nitrogens with zero attached hydrogens (tertiary/aromatic N) is 3. The summed E-state index contributed by atoms with van der Waals surface area (Å²) in [5.74, 6) is 2.59. The second-order valence-corrected chi connectivity index (χ2v) is 7.53. The molecule has 20 heavy (non-hydrogen) atoms. The molecular weight excluding hydrogens is 248 g/mol. The standard InChI is InChI=1S/C16H28N4/c1-12(2)9-17-11-16(7-13-4-5-14(16)6-13)8-15-10-20(3)19-18-15/h10,12-14,17H,4-9,11H2,1-3H3. The van der Waals surface area contributed by atoms with Crippen LogP contribution in [0.1, 0.15) is 45.2 Å². The summed E-state index contributed by atoms with van der Waals surface area (Å²) < 4.78 is 1.83. The van der Waals surface area contributed by atoms with Gasteiger partial charge in [-0.25, -0.2) is 0 Å². The smallest absolute Gasteiger partial charge is 0.0833 e. The van der Waals surface area contributed by atoms with Gasteiger partial charge in [-0.15, -0.1) is 5.10 Å². The van der Waals surface area contributed by atoms with Crippen molar-refractivity contribution in [3.8, 4) is 0 Å². The maximum atomic E-state index is 4.34. The van der Waals surface area contributed by atoms with E-state index >= 15 is 0 Å². The van der Waals surface area contributed by atoms with E-state index in [1.807, 2.05) is 11.7 Å². The molecule has 3 atom stereocenters. The summed E-state index contributed by atoms with van der Waals surface area (Å²) in [5.41, 5.74) is 1.61. The van der Waals surface area contributed by atoms with Crippen LogP contribution in [-0.2, 0) is 13.5 Å². The third-order valence-electron chi connectivity index (χ3n) is 5.32. The second-order valence-electron chi connectivity index (χ2n) is 7.53. The van der Waals surface area contributed by atoms with E-state index in [-0.39, 0.29) is 0 Å². The van der Waals surface area contributed by atoms with E-state index in [0.717, 1.165) is 37.3 Å². The lowest BCUT2D eigenvalue weighted by Crippen LogP contribution is -2.41. The number of rotatable bonds is 6. The molecule has 3 unspecified atom stereocenters. The Labute approximate surface area is 122 Å². The molecule has 2 fully saturated rings. The van der Waals surface area contributed by atoms with Gasteiger partial charge in [0, 0.05) is 26.2 Å². The molecule has 112 valence electrons. The molecule has 1 aromatic rings. The van der Waals surface area contributed by atoms with Gasteiger partial charge in [0.15, 0.2) is 0 Å². The zero-order valence-corrected chi connectivity index (χ0v) is 13.1. The van der Waals surface area contributed by atoms with Crippen molar-refractivity contribution in [2.45, 2.75) is 46.0 Å². The van der Waals surface area contributed by atoms with Crippen molar-refractivity contribution in [2.24, 2.45) is 30.2 Å². The van der Waals surface area contributed by atoms with Gasteiger partial charge >= 0.3 is 0 Å². The highest BCUT2D eigenvalue weighted by atomic mass is 15.4. The van der Waals surface area contributed by atoms with E-state index in [9.17, 15) is 0 Å². The molecule has 0 saturated heterocycles. The Morgan fingerprint density at radius 3 is 2.85 bits per heavy atom. The van der Waals surface area contributed by atoms with Gasteiger partial charge in [0.1, 0.15) is 0 Å². The van der Waals surface area contributed by atoms with Crippen LogP contribution in [0.2, 0.25) is 0 Å². The summed E-state index contributed by atoms with van der Waals surface area (Å²) in [4.78, 5) is 0. The van der Waals surface area contributed by atoms with Gasteiger partial charge in [0.2, 0.25) is 0 Å². The van der Waals surface area contributed by atoms with E-state index in [1.165, 1.54) is 31.4 Å². The van der Waals surface area contributed by atoms with Crippen molar-refractivity contribution >= 4 is 0 Å². The molecule has 0 spiro atoms. The van der Waals surface area contributed by atoms with Crippen molar-refractivity contribution in [3.63, 3.8) is 0 Å². The van der Waals surface area contributed by atoms with Crippen LogP contribution in [0.4, 0.5) is 0 Å². The van der Waals surface area contributed by atoms with Gasteiger partial charge in [0.25, 0.3) is 0 Å². The second kappa shape index (κ2) is 5.47. The van der Waals surface area contributed by atoms with E-state index in [4.69, 9.17) is 0 Å². The summed E-state index contributed by atoms with van der Waals surface area (Å²) >= 11 is 0. The van der Waals surface area contributed by atoms with Gasteiger partial charge < -0.3 is 5.32 Å². The predicted molar refractivity (Wildman–Crippen MR) is 80.3 cm³/mol. The number of hydrogen-bond acceptors (Lipinski definition) is 3. The molecule has 1 N–H and O–H groups in total. The Hall–Kier alpha value is -0.900. The first kappa shape index (κ1) is 14.1. The lowest BCUT2D eigenvalue weighted by atomic mass is 9.70. The fourth-order valence-corrected chi connectivity index (χ4v) is 4.50. The first-order chi connectivity index (χ1) is 9.57. The highest BCUT2D eigenvalue weighted by Gasteiger charge is 2.50. The van der Waals surface area contributed by atoms with E-state index in [0.29, 0.717) is 5.41 Å². The van der Waals surface area contributed by atoms with Crippen LogP contribution < -0.4 is 5.32 Å². The number of aryl methyl sites for hydroxylation is 1. The maximum absolute atomic E-state index is 4.34. The first-order valence-corrected chi connectivity index (χ1v) is 8.13. The summed E-state index contributed by atoms with van der Waals surface area (Å²) in [7, 11) is 1.96. The normalized spacial score (nSPS) is 32.4. The molecule has 0 amide bonds. The summed E-state index contributed by atoms with van der Waals surface area (Å²) in [5, 5.41) is 12.2. The van der Waals surface area contributed by atoms with Crippen LogP contribution in [0.5, 0.6) is 0 Å². The van der Waals surface area contributed by atoms with Crippen molar-refractivity contribution in [2.75, 3.05) is 13.1 Å². The van der Waals surface area contributed by atoms with E-state index < -0.39 is 0 Å². The molecule has 4 nitrogen and oxygen atoms in total. The molecule has 4 heteroatoms. The van der Waals surface area contributed by atoms with Gasteiger partial charge in [-0.05, 0) is 49.0 Å². The number of nitrogens with one attached hydrogen (secondary N) is 1. The quantitative estimate of drug-likeness (QED) is 0.867. The third kappa shape index (κ3) is 2.76. The number of fused-ring (bicyclic) bond motifs is 2. The van der Waals surface area contributed by atoms with Crippen LogP contribution in [0, 0.1) is 23.2 Å². The lowest BCUT2D eigenvalue weighted by molar-refractivity contribution is 0.153. The molecule has 1 heterocycles. The van der Waals surface area contributed by atoms with Gasteiger partial charge in [-0.3, -0.25) is 4.68 Å². The Morgan fingerprint density at radius 2 is 2.30 bits per heavy atom. The Kier molecular flexibility index (Phi) is 3.85. The summed E-state index contributed by atoms with van der Waals surface area (Å²) in [6, 6.07) is 0. The van der Waals surface area contributed by atoms with Crippen molar-refractivity contribution in [1.82, 2.24) is 20.3 Å². The number of hydrogen-bond donors (Lipinski definition) is 1. The van der Waals surface area contributed by atoms with Crippen LogP contribution in [0.3, 0.4) is 0 Å². The largest absolute Gasteiger partial charge is 0.316 e. The molecule has 2 saturated carbocycles. The fourth-order valence-electron chi connectivity index (χ4n) is 4.50. The molecule has 0 radical (unpaired) electrons. The van der Waals surface area contributed by atoms with Gasteiger partial charge in [-0.1, -0.05) is 25.5 Å². The Morgan fingerprint density at radius 1 is 1.45 bits per heavy atom. The van der Waals surface area contributed by atoms with Crippen LogP contribution in [0.15, 0.2) is 6.20 Å². The average Bonchev–Trinajstić information content (AvgIpc) is 3.05. The van der Waals surface area contributed by atoms with Crippen molar-refractivity contribution < 1.29 is 0 Å². The molecule has 3 rings (SSSR count). The molecular formula is C16H28N4. The monoisotopic (exact) mass is 276 g/mol.